The van der Waals surface area contributed by atoms with Crippen molar-refractivity contribution in [3.8, 4) is 0 Å². The molecule has 17 heavy (non-hydrogen) atoms. The van der Waals surface area contributed by atoms with Gasteiger partial charge in [-0.15, -0.1) is 0 Å². The van der Waals surface area contributed by atoms with Gasteiger partial charge in [0, 0.05) is 17.8 Å². The Morgan fingerprint density at radius 2 is 2.12 bits per heavy atom. The Morgan fingerprint density at radius 3 is 2.59 bits per heavy atom. The molecule has 0 saturated heterocycles. The number of nitrogens with zero attached hydrogens (tertiary/aromatic N) is 2. The SMILES string of the molecule is CNC(Cc1cccnc1N)C(C)(C)N(C)C. The number of pyridine rings is 1. The van der Waals surface area contributed by atoms with Gasteiger partial charge >= 0.3 is 0 Å². The number of aromatic nitrogens is 1. The fourth-order valence-corrected chi connectivity index (χ4v) is 1.86. The van der Waals surface area contributed by atoms with Crippen LogP contribution in [0.25, 0.3) is 0 Å². The van der Waals surface area contributed by atoms with Gasteiger partial charge in [-0.3, -0.25) is 0 Å². The molecule has 0 fully saturated rings. The van der Waals surface area contributed by atoms with Crippen LogP contribution in [0.2, 0.25) is 0 Å². The molecule has 0 radical (unpaired) electrons. The largest absolute Gasteiger partial charge is 0.383 e. The van der Waals surface area contributed by atoms with E-state index in [2.05, 4.69) is 43.1 Å². The highest BCUT2D eigenvalue weighted by molar-refractivity contribution is 5.39. The maximum absolute atomic E-state index is 5.89. The van der Waals surface area contributed by atoms with Crippen LogP contribution >= 0.6 is 0 Å². The molecule has 0 amide bonds. The van der Waals surface area contributed by atoms with E-state index in [4.69, 9.17) is 5.73 Å². The summed E-state index contributed by atoms with van der Waals surface area (Å²) >= 11 is 0. The third kappa shape index (κ3) is 3.17. The van der Waals surface area contributed by atoms with Gasteiger partial charge in [0.25, 0.3) is 0 Å². The zero-order chi connectivity index (χ0) is 13.1. The molecular formula is C13H24N4. The van der Waals surface area contributed by atoms with E-state index >= 15 is 0 Å². The lowest BCUT2D eigenvalue weighted by atomic mass is 9.88. The lowest BCUT2D eigenvalue weighted by Crippen LogP contribution is -2.55. The van der Waals surface area contributed by atoms with Crippen molar-refractivity contribution in [1.82, 2.24) is 15.2 Å². The average molecular weight is 236 g/mol. The zero-order valence-corrected chi connectivity index (χ0v) is 11.5. The predicted molar refractivity (Wildman–Crippen MR) is 73.0 cm³/mol. The van der Waals surface area contributed by atoms with E-state index in [1.165, 1.54) is 0 Å². The van der Waals surface area contributed by atoms with Gasteiger partial charge in [-0.25, -0.2) is 4.98 Å². The summed E-state index contributed by atoms with van der Waals surface area (Å²) in [5.74, 6) is 0.627. The minimum absolute atomic E-state index is 0.0526. The first-order valence-corrected chi connectivity index (χ1v) is 5.93. The maximum atomic E-state index is 5.89. The Kier molecular flexibility index (Phi) is 4.48. The molecule has 0 saturated carbocycles. The van der Waals surface area contributed by atoms with Crippen LogP contribution in [0.5, 0.6) is 0 Å². The van der Waals surface area contributed by atoms with Crippen molar-refractivity contribution in [3.05, 3.63) is 23.9 Å². The van der Waals surface area contributed by atoms with Crippen molar-refractivity contribution in [1.29, 1.82) is 0 Å². The third-order valence-corrected chi connectivity index (χ3v) is 3.70. The predicted octanol–water partition coefficient (Wildman–Crippen LogP) is 1.13. The lowest BCUT2D eigenvalue weighted by Gasteiger charge is -2.40. The smallest absolute Gasteiger partial charge is 0.126 e. The summed E-state index contributed by atoms with van der Waals surface area (Å²) in [6.45, 7) is 4.45. The van der Waals surface area contributed by atoms with Crippen LogP contribution in [-0.4, -0.2) is 42.6 Å². The quantitative estimate of drug-likeness (QED) is 0.805. The molecule has 1 aromatic heterocycles. The van der Waals surface area contributed by atoms with Gasteiger partial charge in [-0.2, -0.15) is 0 Å². The number of likely N-dealkylation sites (N-methyl/N-ethyl adjacent to an activating group) is 2. The summed E-state index contributed by atoms with van der Waals surface area (Å²) in [6.07, 6.45) is 2.60. The Bertz CT molecular complexity index is 360. The van der Waals surface area contributed by atoms with Gasteiger partial charge in [0.1, 0.15) is 5.82 Å². The fourth-order valence-electron chi connectivity index (χ4n) is 1.86. The number of nitrogen functional groups attached to an aromatic ring is 1. The number of nitrogens with two attached hydrogens (primary N) is 1. The highest BCUT2D eigenvalue weighted by Crippen LogP contribution is 2.21. The summed E-state index contributed by atoms with van der Waals surface area (Å²) in [4.78, 5) is 6.35. The molecule has 96 valence electrons. The van der Waals surface area contributed by atoms with Crippen LogP contribution in [0, 0.1) is 0 Å². The Hall–Kier alpha value is -1.13. The molecule has 1 aromatic rings. The van der Waals surface area contributed by atoms with Crippen LogP contribution in [0.15, 0.2) is 18.3 Å². The second kappa shape index (κ2) is 5.47. The average Bonchev–Trinajstić information content (AvgIpc) is 2.27. The van der Waals surface area contributed by atoms with E-state index in [1.54, 1.807) is 6.20 Å². The summed E-state index contributed by atoms with van der Waals surface area (Å²) < 4.78 is 0. The molecule has 0 spiro atoms. The summed E-state index contributed by atoms with van der Waals surface area (Å²) in [5, 5.41) is 3.37. The first-order chi connectivity index (χ1) is 7.89. The van der Waals surface area contributed by atoms with Crippen LogP contribution < -0.4 is 11.1 Å². The minimum Gasteiger partial charge on any atom is -0.383 e. The number of anilines is 1. The van der Waals surface area contributed by atoms with E-state index in [0.29, 0.717) is 11.9 Å². The van der Waals surface area contributed by atoms with E-state index in [9.17, 15) is 0 Å². The van der Waals surface area contributed by atoms with Gasteiger partial charge in [0.05, 0.1) is 0 Å². The highest BCUT2D eigenvalue weighted by atomic mass is 15.2. The van der Waals surface area contributed by atoms with Gasteiger partial charge in [0.2, 0.25) is 0 Å². The first kappa shape index (κ1) is 13.9. The Labute approximate surface area is 104 Å². The molecule has 0 aliphatic carbocycles. The highest BCUT2D eigenvalue weighted by Gasteiger charge is 2.30. The van der Waals surface area contributed by atoms with Gasteiger partial charge in [-0.05, 0) is 53.0 Å². The molecule has 0 aliphatic rings. The molecule has 0 bridgehead atoms. The Balaban J connectivity index is 2.88. The van der Waals surface area contributed by atoms with Gasteiger partial charge in [-0.1, -0.05) is 6.07 Å². The van der Waals surface area contributed by atoms with Crippen LogP contribution in [0.4, 0.5) is 5.82 Å². The number of hydrogen-bond donors (Lipinski definition) is 2. The summed E-state index contributed by atoms with van der Waals surface area (Å²) in [5.41, 5.74) is 7.04. The normalized spacial score (nSPS) is 14.0. The molecule has 1 atom stereocenters. The Morgan fingerprint density at radius 1 is 1.47 bits per heavy atom. The van der Waals surface area contributed by atoms with E-state index in [-0.39, 0.29) is 5.54 Å². The molecule has 4 heteroatoms. The molecule has 3 N–H and O–H groups in total. The van der Waals surface area contributed by atoms with Crippen molar-refractivity contribution >= 4 is 5.82 Å². The molecule has 0 aliphatic heterocycles. The second-order valence-corrected chi connectivity index (χ2v) is 5.14. The summed E-state index contributed by atoms with van der Waals surface area (Å²) in [6, 6.07) is 4.29. The van der Waals surface area contributed by atoms with Crippen molar-refractivity contribution < 1.29 is 0 Å². The van der Waals surface area contributed by atoms with E-state index in [1.807, 2.05) is 19.2 Å². The van der Waals surface area contributed by atoms with Crippen molar-refractivity contribution in [2.75, 3.05) is 26.9 Å². The lowest BCUT2D eigenvalue weighted by molar-refractivity contribution is 0.142. The van der Waals surface area contributed by atoms with Gasteiger partial charge in [0.15, 0.2) is 0 Å². The number of rotatable bonds is 5. The standard InChI is InChI=1S/C13H24N4/c1-13(2,17(4)5)11(15-3)9-10-7-6-8-16-12(10)14/h6-8,11,15H,9H2,1-5H3,(H2,14,16). The molecule has 1 unspecified atom stereocenters. The number of hydrogen-bond acceptors (Lipinski definition) is 4. The van der Waals surface area contributed by atoms with Crippen LogP contribution in [0.1, 0.15) is 19.4 Å². The second-order valence-electron chi connectivity index (χ2n) is 5.14. The molecule has 1 rings (SSSR count). The topological polar surface area (TPSA) is 54.2 Å². The third-order valence-electron chi connectivity index (χ3n) is 3.70. The molecule has 4 nitrogen and oxygen atoms in total. The van der Waals surface area contributed by atoms with Crippen molar-refractivity contribution in [3.63, 3.8) is 0 Å². The monoisotopic (exact) mass is 236 g/mol. The van der Waals surface area contributed by atoms with Crippen LogP contribution in [-0.2, 0) is 6.42 Å². The minimum atomic E-state index is 0.0526. The maximum Gasteiger partial charge on any atom is 0.126 e. The molecular weight excluding hydrogens is 212 g/mol. The van der Waals surface area contributed by atoms with Crippen LogP contribution in [0.3, 0.4) is 0 Å². The fraction of sp³-hybridized carbons (Fsp3) is 0.615. The van der Waals surface area contributed by atoms with Crippen molar-refractivity contribution in [2.45, 2.75) is 31.8 Å². The summed E-state index contributed by atoms with van der Waals surface area (Å²) in [7, 11) is 6.18. The first-order valence-electron chi connectivity index (χ1n) is 5.93. The van der Waals surface area contributed by atoms with E-state index < -0.39 is 0 Å². The van der Waals surface area contributed by atoms with Gasteiger partial charge < -0.3 is 16.0 Å². The molecule has 0 aromatic carbocycles. The van der Waals surface area contributed by atoms with E-state index in [0.717, 1.165) is 12.0 Å². The zero-order valence-electron chi connectivity index (χ0n) is 11.5. The van der Waals surface area contributed by atoms with Crippen molar-refractivity contribution in [2.24, 2.45) is 0 Å². The number of nitrogens with one attached hydrogen (secondary N) is 1. The molecule has 1 heterocycles.